The van der Waals surface area contributed by atoms with Crippen LogP contribution in [0.5, 0.6) is 5.75 Å². The number of benzene rings is 1. The summed E-state index contributed by atoms with van der Waals surface area (Å²) in [5, 5.41) is 4.72. The second kappa shape index (κ2) is 12.1. The highest BCUT2D eigenvalue weighted by atomic mass is 32.1. The van der Waals surface area contributed by atoms with Crippen molar-refractivity contribution >= 4 is 33.3 Å². The topological polar surface area (TPSA) is 82.6 Å². The average Bonchev–Trinajstić information content (AvgIpc) is 3.24. The van der Waals surface area contributed by atoms with E-state index in [0.29, 0.717) is 26.2 Å². The van der Waals surface area contributed by atoms with Gasteiger partial charge in [0.05, 0.1) is 25.7 Å². The predicted octanol–water partition coefficient (Wildman–Crippen LogP) is 5.09. The Labute approximate surface area is 204 Å². The van der Waals surface area contributed by atoms with E-state index in [1.165, 1.54) is 23.3 Å². The molecule has 0 spiro atoms. The van der Waals surface area contributed by atoms with Gasteiger partial charge in [-0.1, -0.05) is 25.5 Å². The number of ether oxygens (including phenoxy) is 3. The number of anilines is 1. The lowest BCUT2D eigenvalue weighted by molar-refractivity contribution is -0.149. The van der Waals surface area contributed by atoms with E-state index >= 15 is 0 Å². The number of nitrogens with zero attached hydrogens (tertiary/aromatic N) is 2. The summed E-state index contributed by atoms with van der Waals surface area (Å²) in [6.45, 7) is 3.51. The number of hydrogen-bond donors (Lipinski definition) is 1. The van der Waals surface area contributed by atoms with Crippen LogP contribution >= 0.6 is 11.3 Å². The number of nitrogens with one attached hydrogen (secondary N) is 1. The standard InChI is InChI=1S/C26H33N3O4S/c1-3-4-14-33-23(30)17-32-15-13-22-28-25(27-16-18-9-11-19(31-2)12-10-18)24-20-7-5-6-8-21(20)34-26(24)29-22/h9-12H,3-8,13-17H2,1-2H3,(H,27,28,29). The number of hydrogen-bond acceptors (Lipinski definition) is 8. The molecule has 1 aliphatic carbocycles. The quantitative estimate of drug-likeness (QED) is 0.284. The molecule has 7 nitrogen and oxygen atoms in total. The molecule has 0 aliphatic heterocycles. The van der Waals surface area contributed by atoms with E-state index in [4.69, 9.17) is 24.2 Å². The summed E-state index contributed by atoms with van der Waals surface area (Å²) < 4.78 is 15.9. The number of esters is 1. The van der Waals surface area contributed by atoms with Crippen LogP contribution in [0.4, 0.5) is 5.82 Å². The van der Waals surface area contributed by atoms with Gasteiger partial charge in [-0.3, -0.25) is 0 Å². The van der Waals surface area contributed by atoms with E-state index in [1.54, 1.807) is 18.4 Å². The lowest BCUT2D eigenvalue weighted by Crippen LogP contribution is -2.15. The van der Waals surface area contributed by atoms with Gasteiger partial charge in [-0.05, 0) is 55.4 Å². The van der Waals surface area contributed by atoms with Gasteiger partial charge in [0, 0.05) is 17.8 Å². The Morgan fingerprint density at radius 1 is 1.12 bits per heavy atom. The Hall–Kier alpha value is -2.71. The van der Waals surface area contributed by atoms with E-state index < -0.39 is 0 Å². The molecule has 0 saturated carbocycles. The Bertz CT molecular complexity index is 1100. The number of unbranched alkanes of at least 4 members (excludes halogenated alkanes) is 1. The molecule has 4 rings (SSSR count). The predicted molar refractivity (Wildman–Crippen MR) is 135 cm³/mol. The minimum atomic E-state index is -0.322. The molecular formula is C26H33N3O4S. The van der Waals surface area contributed by atoms with Gasteiger partial charge in [-0.15, -0.1) is 11.3 Å². The first kappa shape index (κ1) is 24.4. The second-order valence-corrected chi connectivity index (χ2v) is 9.54. The Morgan fingerprint density at radius 3 is 2.74 bits per heavy atom. The first-order valence-corrected chi connectivity index (χ1v) is 12.9. The van der Waals surface area contributed by atoms with Crippen LogP contribution in [0, 0.1) is 0 Å². The van der Waals surface area contributed by atoms with Crippen molar-refractivity contribution in [3.63, 3.8) is 0 Å². The Kier molecular flexibility index (Phi) is 8.71. The highest BCUT2D eigenvalue weighted by Crippen LogP contribution is 2.38. The highest BCUT2D eigenvalue weighted by molar-refractivity contribution is 7.19. The Balaban J connectivity index is 1.45. The van der Waals surface area contributed by atoms with Crippen LogP contribution in [-0.2, 0) is 40.1 Å². The summed E-state index contributed by atoms with van der Waals surface area (Å²) in [7, 11) is 1.67. The lowest BCUT2D eigenvalue weighted by atomic mass is 9.97. The number of aromatic nitrogens is 2. The molecule has 0 amide bonds. The molecule has 34 heavy (non-hydrogen) atoms. The normalized spacial score (nSPS) is 13.0. The zero-order valence-electron chi connectivity index (χ0n) is 20.0. The molecule has 2 heterocycles. The van der Waals surface area contributed by atoms with Gasteiger partial charge >= 0.3 is 5.97 Å². The maximum atomic E-state index is 11.7. The second-order valence-electron chi connectivity index (χ2n) is 8.46. The van der Waals surface area contributed by atoms with Crippen molar-refractivity contribution in [2.24, 2.45) is 0 Å². The van der Waals surface area contributed by atoms with Gasteiger partial charge in [0.25, 0.3) is 0 Å². The number of fused-ring (bicyclic) bond motifs is 3. The monoisotopic (exact) mass is 483 g/mol. The van der Waals surface area contributed by atoms with Gasteiger partial charge in [0.2, 0.25) is 0 Å². The molecule has 2 aromatic heterocycles. The number of aryl methyl sites for hydroxylation is 2. The number of thiophene rings is 1. The van der Waals surface area contributed by atoms with Crippen molar-refractivity contribution in [1.29, 1.82) is 0 Å². The lowest BCUT2D eigenvalue weighted by Gasteiger charge is -2.14. The molecule has 0 saturated heterocycles. The first-order chi connectivity index (χ1) is 16.7. The van der Waals surface area contributed by atoms with Gasteiger partial charge in [0.15, 0.2) is 0 Å². The fourth-order valence-electron chi connectivity index (χ4n) is 4.06. The van der Waals surface area contributed by atoms with E-state index in [1.807, 2.05) is 12.1 Å². The van der Waals surface area contributed by atoms with Crippen molar-refractivity contribution in [2.75, 3.05) is 32.2 Å². The summed E-state index contributed by atoms with van der Waals surface area (Å²) in [4.78, 5) is 23.9. The maximum absolute atomic E-state index is 11.7. The SMILES string of the molecule is CCCCOC(=O)COCCc1nc(NCc2ccc(OC)cc2)c2c3c(sc2n1)CCCC3. The van der Waals surface area contributed by atoms with Crippen molar-refractivity contribution < 1.29 is 19.0 Å². The molecule has 1 aliphatic rings. The smallest absolute Gasteiger partial charge is 0.332 e. The van der Waals surface area contributed by atoms with Crippen LogP contribution in [0.3, 0.4) is 0 Å². The summed E-state index contributed by atoms with van der Waals surface area (Å²) in [5.41, 5.74) is 2.56. The molecule has 0 radical (unpaired) electrons. The average molecular weight is 484 g/mol. The van der Waals surface area contributed by atoms with Crippen molar-refractivity contribution in [2.45, 2.75) is 58.4 Å². The number of carbonyl (C=O) groups is 1. The summed E-state index contributed by atoms with van der Waals surface area (Å²) >= 11 is 1.79. The largest absolute Gasteiger partial charge is 0.497 e. The van der Waals surface area contributed by atoms with Crippen molar-refractivity contribution in [3.05, 3.63) is 46.1 Å². The van der Waals surface area contributed by atoms with Gasteiger partial charge in [0.1, 0.15) is 28.8 Å². The van der Waals surface area contributed by atoms with E-state index in [2.05, 4.69) is 24.4 Å². The van der Waals surface area contributed by atoms with Crippen LogP contribution < -0.4 is 10.1 Å². The third-order valence-electron chi connectivity index (χ3n) is 5.93. The van der Waals surface area contributed by atoms with Crippen molar-refractivity contribution in [3.8, 4) is 5.75 Å². The van der Waals surface area contributed by atoms with Gasteiger partial charge in [-0.2, -0.15) is 0 Å². The molecule has 1 N–H and O–H groups in total. The molecule has 8 heteroatoms. The first-order valence-electron chi connectivity index (χ1n) is 12.1. The Morgan fingerprint density at radius 2 is 1.94 bits per heavy atom. The molecule has 3 aromatic rings. The van der Waals surface area contributed by atoms with Crippen LogP contribution in [0.2, 0.25) is 0 Å². The molecule has 1 aromatic carbocycles. The molecular weight excluding hydrogens is 450 g/mol. The minimum Gasteiger partial charge on any atom is -0.497 e. The van der Waals surface area contributed by atoms with Crippen molar-refractivity contribution in [1.82, 2.24) is 9.97 Å². The number of rotatable bonds is 12. The summed E-state index contributed by atoms with van der Waals surface area (Å²) in [5.74, 6) is 2.13. The van der Waals surface area contributed by atoms with E-state index in [0.717, 1.165) is 58.9 Å². The number of methoxy groups -OCH3 is 1. The van der Waals surface area contributed by atoms with Crippen LogP contribution in [0.15, 0.2) is 24.3 Å². The summed E-state index contributed by atoms with van der Waals surface area (Å²) in [6, 6.07) is 8.05. The molecule has 0 atom stereocenters. The van der Waals surface area contributed by atoms with Crippen LogP contribution in [-0.4, -0.2) is 42.9 Å². The van der Waals surface area contributed by atoms with Crippen LogP contribution in [0.25, 0.3) is 10.2 Å². The third kappa shape index (κ3) is 6.24. The maximum Gasteiger partial charge on any atom is 0.332 e. The molecule has 182 valence electrons. The molecule has 0 bridgehead atoms. The summed E-state index contributed by atoms with van der Waals surface area (Å²) in [6.07, 6.45) is 7.05. The third-order valence-corrected chi connectivity index (χ3v) is 7.12. The van der Waals surface area contributed by atoms with Crippen LogP contribution in [0.1, 0.15) is 54.4 Å². The fourth-order valence-corrected chi connectivity index (χ4v) is 5.34. The molecule has 0 unspecified atom stereocenters. The zero-order chi connectivity index (χ0) is 23.8. The van der Waals surface area contributed by atoms with E-state index in [9.17, 15) is 4.79 Å². The fraction of sp³-hybridized carbons (Fsp3) is 0.500. The minimum absolute atomic E-state index is 0.0398. The number of carbonyl (C=O) groups excluding carboxylic acids is 1. The zero-order valence-corrected chi connectivity index (χ0v) is 20.8. The highest BCUT2D eigenvalue weighted by Gasteiger charge is 2.21. The van der Waals surface area contributed by atoms with Gasteiger partial charge in [-0.25, -0.2) is 14.8 Å². The molecule has 0 fully saturated rings. The van der Waals surface area contributed by atoms with E-state index in [-0.39, 0.29) is 12.6 Å². The van der Waals surface area contributed by atoms with Gasteiger partial charge < -0.3 is 19.5 Å².